The Balaban J connectivity index is -0.000000158. The predicted octanol–water partition coefficient (Wildman–Crippen LogP) is -0.290. The van der Waals surface area contributed by atoms with Crippen molar-refractivity contribution in [2.75, 3.05) is 13.1 Å². The lowest BCUT2D eigenvalue weighted by Gasteiger charge is -1.92. The molecule has 1 aliphatic heterocycles. The molecule has 6 N–H and O–H groups in total. The Bertz CT molecular complexity index is 720. The third kappa shape index (κ3) is 37.4. The summed E-state index contributed by atoms with van der Waals surface area (Å²) in [7, 11) is 0. The number of rotatable bonds is 4. The van der Waals surface area contributed by atoms with Crippen LogP contribution in [0.15, 0.2) is 16.8 Å². The number of nitrogens with two attached hydrogens (primary N) is 1. The Kier molecular flexibility index (Phi) is 25.1. The summed E-state index contributed by atoms with van der Waals surface area (Å²) in [6.07, 6.45) is 1.62. The van der Waals surface area contributed by atoms with Crippen LogP contribution < -0.4 is 11.1 Å². The fraction of sp³-hybridized carbons (Fsp3) is 0.375. The van der Waals surface area contributed by atoms with Gasteiger partial charge in [-0.3, -0.25) is 28.8 Å². The van der Waals surface area contributed by atoms with Gasteiger partial charge in [0, 0.05) is 20.8 Å². The molecular weight excluding hydrogens is 481 g/mol. The van der Waals surface area contributed by atoms with Gasteiger partial charge in [-0.15, -0.1) is 0 Å². The van der Waals surface area contributed by atoms with Crippen molar-refractivity contribution in [1.29, 1.82) is 0 Å². The Labute approximate surface area is 192 Å². The third-order valence-corrected chi connectivity index (χ3v) is 2.26. The highest BCUT2D eigenvalue weighted by Crippen LogP contribution is 2.08. The van der Waals surface area contributed by atoms with Crippen LogP contribution in [0.1, 0.15) is 27.7 Å². The van der Waals surface area contributed by atoms with Crippen molar-refractivity contribution in [2.24, 2.45) is 10.7 Å². The molecule has 1 rings (SSSR count). The van der Waals surface area contributed by atoms with E-state index in [4.69, 9.17) is 20.1 Å². The van der Waals surface area contributed by atoms with Crippen molar-refractivity contribution < 1.29 is 53.6 Å². The van der Waals surface area contributed by atoms with Gasteiger partial charge in [0.15, 0.2) is 5.90 Å². The van der Waals surface area contributed by atoms with Gasteiger partial charge in [-0.2, -0.15) is 0 Å². The van der Waals surface area contributed by atoms with Gasteiger partial charge in [0.05, 0.1) is 6.54 Å². The normalized spacial score (nSPS) is 11.7. The molecular formula is C16H23Cl2N3O11. The largest absolute Gasteiger partial charge is 0.481 e. The van der Waals surface area contributed by atoms with E-state index in [2.05, 4.69) is 44.0 Å². The van der Waals surface area contributed by atoms with Gasteiger partial charge in [0.1, 0.15) is 12.2 Å². The van der Waals surface area contributed by atoms with E-state index < -0.39 is 28.4 Å². The van der Waals surface area contributed by atoms with E-state index in [0.29, 0.717) is 11.6 Å². The average Bonchev–Trinajstić information content (AvgIpc) is 2.98. The average molecular weight is 504 g/mol. The van der Waals surface area contributed by atoms with Crippen LogP contribution in [-0.2, 0) is 38.3 Å². The van der Waals surface area contributed by atoms with E-state index in [0.717, 1.165) is 6.92 Å². The lowest BCUT2D eigenvalue weighted by atomic mass is 10.4. The van der Waals surface area contributed by atoms with Crippen LogP contribution in [0, 0.1) is 0 Å². The van der Waals surface area contributed by atoms with Crippen molar-refractivity contribution in [3.63, 3.8) is 0 Å². The molecule has 32 heavy (non-hydrogen) atoms. The van der Waals surface area contributed by atoms with Crippen LogP contribution in [0.3, 0.4) is 0 Å². The third-order valence-electron chi connectivity index (χ3n) is 1.82. The molecule has 0 aliphatic carbocycles. The number of carboxylic acids is 3. The summed E-state index contributed by atoms with van der Waals surface area (Å²) < 4.78 is 4.61. The Morgan fingerprint density at radius 2 is 1.41 bits per heavy atom. The first kappa shape index (κ1) is 36.0. The van der Waals surface area contributed by atoms with Crippen molar-refractivity contribution >= 4 is 69.4 Å². The molecule has 0 aromatic heterocycles. The number of nitrogens with zero attached hydrogens (tertiary/aromatic N) is 1. The predicted molar refractivity (Wildman–Crippen MR) is 111 cm³/mol. The van der Waals surface area contributed by atoms with Crippen LogP contribution in [-0.4, -0.2) is 74.6 Å². The van der Waals surface area contributed by atoms with E-state index in [9.17, 15) is 28.8 Å². The van der Waals surface area contributed by atoms with Gasteiger partial charge >= 0.3 is 28.4 Å². The Hall–Kier alpha value is -3.36. The number of hydrogen-bond acceptors (Lipinski definition) is 10. The number of aliphatic carboxylic acids is 3. The van der Waals surface area contributed by atoms with Crippen LogP contribution in [0.2, 0.25) is 0 Å². The first-order chi connectivity index (χ1) is 14.5. The number of nitrogens with one attached hydrogen (secondary N) is 1. The fourth-order valence-electron chi connectivity index (χ4n) is 0.807. The summed E-state index contributed by atoms with van der Waals surface area (Å²) in [6, 6.07) is 0. The van der Waals surface area contributed by atoms with Crippen molar-refractivity contribution in [1.82, 2.24) is 5.32 Å². The lowest BCUT2D eigenvalue weighted by Crippen LogP contribution is -2.26. The maximum absolute atomic E-state index is 10.6. The molecule has 1 amide bonds. The number of aliphatic imine (C=N–C) groups is 1. The molecule has 182 valence electrons. The van der Waals surface area contributed by atoms with E-state index in [-0.39, 0.29) is 25.0 Å². The highest BCUT2D eigenvalue weighted by atomic mass is 35.5. The number of esters is 1. The molecule has 0 atom stereocenters. The molecule has 0 saturated carbocycles. The zero-order valence-corrected chi connectivity index (χ0v) is 18.9. The monoisotopic (exact) mass is 503 g/mol. The molecule has 0 spiro atoms. The minimum Gasteiger partial charge on any atom is -0.481 e. The lowest BCUT2D eigenvalue weighted by molar-refractivity contribution is -0.137. The molecule has 0 unspecified atom stereocenters. The maximum atomic E-state index is 10.6. The van der Waals surface area contributed by atoms with E-state index in [1.165, 1.54) is 6.92 Å². The highest BCUT2D eigenvalue weighted by molar-refractivity contribution is 6.97. The second-order valence-corrected chi connectivity index (χ2v) is 5.35. The number of cyclic esters (lactones) is 1. The van der Waals surface area contributed by atoms with Crippen LogP contribution in [0.25, 0.3) is 0 Å². The number of carbonyl (C=O) groups excluding carboxylic acids is 4. The minimum absolute atomic E-state index is 0.278. The smallest absolute Gasteiger partial charge is 0.363 e. The molecule has 0 radical (unpaired) electrons. The number of halogens is 2. The number of ether oxygens (including phenoxy) is 1. The number of amides is 1. The van der Waals surface area contributed by atoms with Gasteiger partial charge in [-0.1, -0.05) is 6.08 Å². The van der Waals surface area contributed by atoms with Crippen molar-refractivity contribution in [3.05, 3.63) is 11.8 Å². The molecule has 1 aliphatic rings. The molecule has 14 nitrogen and oxygen atoms in total. The van der Waals surface area contributed by atoms with Gasteiger partial charge < -0.3 is 31.1 Å². The zero-order chi connectivity index (χ0) is 26.4. The summed E-state index contributed by atoms with van der Waals surface area (Å²) in [4.78, 5) is 71.2. The summed E-state index contributed by atoms with van der Waals surface area (Å²) in [5.41, 5.74) is 4.97. The first-order valence-corrected chi connectivity index (χ1v) is 8.67. The molecule has 1 heterocycles. The van der Waals surface area contributed by atoms with Crippen molar-refractivity contribution in [2.45, 2.75) is 27.7 Å². The first-order valence-electron chi connectivity index (χ1n) is 7.92. The van der Waals surface area contributed by atoms with Crippen LogP contribution >= 0.6 is 23.2 Å². The standard InChI is InChI=1S/C6H7NO2.C4H7NO3.C2Cl2O2.C2H5NO2.C2H4O2/c1-3-5-6(8)9-4(2)7-5;1-3(6)5-2-4(7)8;3-1(5)2(4)6;3-1-2(4)5;1-2(3)4/h3H,1-2H3;2H2,1H3,(H,5,6)(H,7,8);;1,3H2,(H,4,5);1H3,(H,3,4). The van der Waals surface area contributed by atoms with E-state index in [1.807, 2.05) is 0 Å². The fourth-order valence-corrected chi connectivity index (χ4v) is 0.807. The number of carbonyl (C=O) groups is 7. The Morgan fingerprint density at radius 1 is 1.03 bits per heavy atom. The second-order valence-electron chi connectivity index (χ2n) is 4.66. The second kappa shape index (κ2) is 22.3. The molecule has 0 aromatic rings. The van der Waals surface area contributed by atoms with Gasteiger partial charge in [0.2, 0.25) is 5.91 Å². The van der Waals surface area contributed by atoms with Crippen LogP contribution in [0.4, 0.5) is 0 Å². The summed E-state index contributed by atoms with van der Waals surface area (Å²) in [5.74, 6) is -3.08. The zero-order valence-electron chi connectivity index (χ0n) is 17.4. The molecule has 16 heteroatoms. The SMILES string of the molecule is CC(=O)NCC(=O)O.CC(=O)O.CC=C1N=C(C)OC1=O.NCC(=O)O.O=C(Cl)C(=O)Cl. The summed E-state index contributed by atoms with van der Waals surface area (Å²) in [5, 5.41) is 22.8. The van der Waals surface area contributed by atoms with Crippen molar-refractivity contribution in [3.8, 4) is 0 Å². The minimum atomic E-state index is -1.14. The summed E-state index contributed by atoms with van der Waals surface area (Å²) in [6.45, 7) is 5.17. The molecule has 0 fully saturated rings. The number of carboxylic acid groups (broad SMARTS) is 3. The number of hydrogen-bond donors (Lipinski definition) is 5. The van der Waals surface area contributed by atoms with Gasteiger partial charge in [-0.25, -0.2) is 9.79 Å². The highest BCUT2D eigenvalue weighted by Gasteiger charge is 2.17. The van der Waals surface area contributed by atoms with Gasteiger partial charge in [-0.05, 0) is 30.1 Å². The number of allylic oxidation sites excluding steroid dienone is 1. The van der Waals surface area contributed by atoms with Crippen LogP contribution in [0.5, 0.6) is 0 Å². The van der Waals surface area contributed by atoms with E-state index in [1.54, 1.807) is 19.9 Å². The Morgan fingerprint density at radius 3 is 1.50 bits per heavy atom. The maximum Gasteiger partial charge on any atom is 0.363 e. The molecule has 0 saturated heterocycles. The molecule has 0 aromatic carbocycles. The quantitative estimate of drug-likeness (QED) is 0.144. The summed E-state index contributed by atoms with van der Waals surface area (Å²) >= 11 is 8.98. The van der Waals surface area contributed by atoms with E-state index >= 15 is 0 Å². The molecule has 0 bridgehead atoms. The topological polar surface area (TPSA) is 240 Å². The van der Waals surface area contributed by atoms with Gasteiger partial charge in [0.25, 0.3) is 5.97 Å².